The van der Waals surface area contributed by atoms with E-state index in [1.807, 2.05) is 0 Å². The number of carbonyl (C=O) groups is 1. The summed E-state index contributed by atoms with van der Waals surface area (Å²) >= 11 is 5.73. The fraction of sp³-hybridized carbons (Fsp3) is 0.0625. The number of alkyl halides is 3. The fourth-order valence-corrected chi connectivity index (χ4v) is 2.25. The first kappa shape index (κ1) is 22.6. The number of hydrogen-bond donors (Lipinski definition) is 2. The second kappa shape index (κ2) is 8.98. The molecule has 0 saturated heterocycles. The van der Waals surface area contributed by atoms with Gasteiger partial charge in [-0.1, -0.05) is 29.8 Å². The third kappa shape index (κ3) is 7.77. The maximum Gasteiger partial charge on any atom is 0.417 e. The third-order valence-corrected chi connectivity index (χ3v) is 3.70. The summed E-state index contributed by atoms with van der Waals surface area (Å²) in [5, 5.41) is 1.12. The summed E-state index contributed by atoms with van der Waals surface area (Å²) in [7, 11) is -4.08. The Morgan fingerprint density at radius 2 is 1.74 bits per heavy atom. The SMILES string of the molecule is NC(=O)c1ccc(F)cc1C(F)(F)F.O=S(=O)(O)C=Cc1ccccc1Cl. The van der Waals surface area contributed by atoms with Crippen molar-refractivity contribution in [2.75, 3.05) is 0 Å². The Balaban J connectivity index is 0.000000271. The molecule has 0 spiro atoms. The van der Waals surface area contributed by atoms with Crippen molar-refractivity contribution in [3.63, 3.8) is 0 Å². The third-order valence-electron chi connectivity index (χ3n) is 2.88. The standard InChI is InChI=1S/C8H7ClO3S.C8H5F4NO/c9-8-4-2-1-3-7(8)5-6-13(10,11)12;9-4-1-2-5(7(13)14)6(3-4)8(10,11)12/h1-6H,(H,10,11,12);1-3H,(H2,13,14). The second-order valence-electron chi connectivity index (χ2n) is 4.89. The fourth-order valence-electron chi connectivity index (χ4n) is 1.74. The van der Waals surface area contributed by atoms with Gasteiger partial charge in [-0.2, -0.15) is 21.6 Å². The van der Waals surface area contributed by atoms with E-state index in [-0.39, 0.29) is 6.07 Å². The van der Waals surface area contributed by atoms with Crippen LogP contribution in [0, 0.1) is 5.82 Å². The first-order valence-corrected chi connectivity index (χ1v) is 8.76. The number of amides is 1. The molecule has 0 radical (unpaired) electrons. The molecule has 0 saturated carbocycles. The van der Waals surface area contributed by atoms with Gasteiger partial charge < -0.3 is 5.73 Å². The summed E-state index contributed by atoms with van der Waals surface area (Å²) < 4.78 is 78.2. The largest absolute Gasteiger partial charge is 0.417 e. The van der Waals surface area contributed by atoms with Gasteiger partial charge in [0.25, 0.3) is 10.1 Å². The molecule has 0 heterocycles. The molecule has 1 amide bonds. The van der Waals surface area contributed by atoms with Gasteiger partial charge in [0, 0.05) is 5.02 Å². The van der Waals surface area contributed by atoms with Crippen molar-refractivity contribution in [2.24, 2.45) is 5.73 Å². The van der Waals surface area contributed by atoms with E-state index in [0.717, 1.165) is 6.07 Å². The first-order valence-electron chi connectivity index (χ1n) is 6.88. The molecule has 146 valence electrons. The average Bonchev–Trinajstić information content (AvgIpc) is 2.53. The van der Waals surface area contributed by atoms with E-state index >= 15 is 0 Å². The van der Waals surface area contributed by atoms with Gasteiger partial charge in [-0.3, -0.25) is 9.35 Å². The number of carbonyl (C=O) groups excluding carboxylic acids is 1. The maximum absolute atomic E-state index is 12.5. The summed E-state index contributed by atoms with van der Waals surface area (Å²) in [6.07, 6.45) is -3.55. The molecule has 27 heavy (non-hydrogen) atoms. The monoisotopic (exact) mass is 425 g/mol. The van der Waals surface area contributed by atoms with Crippen molar-refractivity contribution in [1.29, 1.82) is 0 Å². The zero-order chi connectivity index (χ0) is 20.8. The molecule has 2 rings (SSSR count). The molecule has 11 heteroatoms. The molecular formula is C16H12ClF4NO4S. The molecule has 0 bridgehead atoms. The van der Waals surface area contributed by atoms with Crippen LogP contribution in [-0.2, 0) is 16.3 Å². The Morgan fingerprint density at radius 3 is 2.22 bits per heavy atom. The predicted octanol–water partition coefficient (Wildman–Crippen LogP) is 4.14. The molecule has 0 aliphatic rings. The Hall–Kier alpha value is -2.43. The molecule has 0 aromatic heterocycles. The zero-order valence-corrected chi connectivity index (χ0v) is 14.8. The smallest absolute Gasteiger partial charge is 0.366 e. The van der Waals surface area contributed by atoms with Gasteiger partial charge in [0.1, 0.15) is 5.82 Å². The first-order chi connectivity index (χ1) is 12.3. The van der Waals surface area contributed by atoms with Crippen LogP contribution in [0.1, 0.15) is 21.5 Å². The summed E-state index contributed by atoms with van der Waals surface area (Å²) in [5.74, 6) is -2.31. The minimum atomic E-state index is -4.79. The highest BCUT2D eigenvalue weighted by atomic mass is 35.5. The van der Waals surface area contributed by atoms with E-state index in [9.17, 15) is 30.8 Å². The summed E-state index contributed by atoms with van der Waals surface area (Å²) in [5.41, 5.74) is 3.15. The normalized spacial score (nSPS) is 11.8. The minimum absolute atomic E-state index is 0.236. The molecule has 5 nitrogen and oxygen atoms in total. The van der Waals surface area contributed by atoms with Crippen molar-refractivity contribution in [3.8, 4) is 0 Å². The lowest BCUT2D eigenvalue weighted by Crippen LogP contribution is -2.18. The minimum Gasteiger partial charge on any atom is -0.366 e. The van der Waals surface area contributed by atoms with Gasteiger partial charge in [-0.25, -0.2) is 4.39 Å². The molecule has 2 aromatic carbocycles. The van der Waals surface area contributed by atoms with Gasteiger partial charge in [-0.05, 0) is 35.9 Å². The summed E-state index contributed by atoms with van der Waals surface area (Å²) in [6.45, 7) is 0. The highest BCUT2D eigenvalue weighted by molar-refractivity contribution is 7.88. The van der Waals surface area contributed by atoms with Crippen LogP contribution in [0.25, 0.3) is 6.08 Å². The number of nitrogens with two attached hydrogens (primary N) is 1. The number of primary amides is 1. The topological polar surface area (TPSA) is 97.5 Å². The summed E-state index contributed by atoms with van der Waals surface area (Å²) in [6, 6.07) is 8.41. The van der Waals surface area contributed by atoms with Crippen molar-refractivity contribution < 1.29 is 35.3 Å². The number of rotatable bonds is 3. The number of halogens is 5. The van der Waals surface area contributed by atoms with Crippen LogP contribution in [0.2, 0.25) is 5.02 Å². The van der Waals surface area contributed by atoms with Crippen LogP contribution in [-0.4, -0.2) is 18.9 Å². The van der Waals surface area contributed by atoms with Gasteiger partial charge in [0.15, 0.2) is 0 Å². The van der Waals surface area contributed by atoms with E-state index in [4.69, 9.17) is 21.9 Å². The van der Waals surface area contributed by atoms with E-state index in [1.54, 1.807) is 24.3 Å². The van der Waals surface area contributed by atoms with Gasteiger partial charge >= 0.3 is 6.18 Å². The van der Waals surface area contributed by atoms with E-state index < -0.39 is 39.1 Å². The van der Waals surface area contributed by atoms with E-state index in [1.165, 1.54) is 6.08 Å². The van der Waals surface area contributed by atoms with Crippen molar-refractivity contribution in [2.45, 2.75) is 6.18 Å². The van der Waals surface area contributed by atoms with Crippen LogP contribution in [0.15, 0.2) is 47.9 Å². The Bertz CT molecular complexity index is 959. The average molecular weight is 426 g/mol. The Labute approximate surface area is 156 Å². The molecule has 0 unspecified atom stereocenters. The molecule has 0 atom stereocenters. The number of benzene rings is 2. The number of hydrogen-bond acceptors (Lipinski definition) is 3. The van der Waals surface area contributed by atoms with Gasteiger partial charge in [0.05, 0.1) is 16.5 Å². The summed E-state index contributed by atoms with van der Waals surface area (Å²) in [4.78, 5) is 10.6. The second-order valence-corrected chi connectivity index (χ2v) is 6.60. The van der Waals surface area contributed by atoms with E-state index in [0.29, 0.717) is 22.1 Å². The van der Waals surface area contributed by atoms with Crippen LogP contribution in [0.3, 0.4) is 0 Å². The lowest BCUT2D eigenvalue weighted by Gasteiger charge is -2.09. The van der Waals surface area contributed by atoms with Crippen molar-refractivity contribution in [1.82, 2.24) is 0 Å². The van der Waals surface area contributed by atoms with Crippen LogP contribution in [0.5, 0.6) is 0 Å². The van der Waals surface area contributed by atoms with Crippen molar-refractivity contribution >= 4 is 33.7 Å². The lowest BCUT2D eigenvalue weighted by molar-refractivity contribution is -0.138. The highest BCUT2D eigenvalue weighted by Gasteiger charge is 2.35. The molecule has 0 aliphatic carbocycles. The quantitative estimate of drug-likeness (QED) is 0.570. The Morgan fingerprint density at radius 1 is 1.15 bits per heavy atom. The van der Waals surface area contributed by atoms with Crippen LogP contribution < -0.4 is 5.73 Å². The molecule has 0 fully saturated rings. The van der Waals surface area contributed by atoms with Crippen LogP contribution in [0.4, 0.5) is 17.6 Å². The highest BCUT2D eigenvalue weighted by Crippen LogP contribution is 2.32. The van der Waals surface area contributed by atoms with Crippen LogP contribution >= 0.6 is 11.6 Å². The molecule has 0 aliphatic heterocycles. The molecule has 3 N–H and O–H groups in total. The van der Waals surface area contributed by atoms with Crippen molar-refractivity contribution in [3.05, 3.63) is 75.4 Å². The lowest BCUT2D eigenvalue weighted by atomic mass is 10.1. The Kier molecular flexibility index (Phi) is 7.52. The molecule has 2 aromatic rings. The predicted molar refractivity (Wildman–Crippen MR) is 92.0 cm³/mol. The van der Waals surface area contributed by atoms with Gasteiger partial charge in [-0.15, -0.1) is 0 Å². The molecular weight excluding hydrogens is 414 g/mol. The zero-order valence-electron chi connectivity index (χ0n) is 13.2. The maximum atomic E-state index is 12.5. The van der Waals surface area contributed by atoms with Gasteiger partial charge in [0.2, 0.25) is 5.91 Å². The van der Waals surface area contributed by atoms with E-state index in [2.05, 4.69) is 0 Å².